The average Bonchev–Trinajstić information content (AvgIpc) is 3.04. The lowest BCUT2D eigenvalue weighted by Gasteiger charge is -2.15. The molecule has 1 saturated heterocycles. The van der Waals surface area contributed by atoms with Gasteiger partial charge in [-0.1, -0.05) is 68.4 Å². The fourth-order valence-electron chi connectivity index (χ4n) is 3.14. The minimum absolute atomic E-state index is 0.177. The fraction of sp³-hybridized carbons (Fsp3) is 0.286. The molecular weight excluding hydrogens is 326 g/mol. The van der Waals surface area contributed by atoms with E-state index >= 15 is 0 Å². The normalized spacial score (nSPS) is 19.7. The van der Waals surface area contributed by atoms with Gasteiger partial charge in [-0.2, -0.15) is 5.10 Å². The zero-order valence-corrected chi connectivity index (χ0v) is 15.0. The quantitative estimate of drug-likeness (QED) is 0.495. The lowest BCUT2D eigenvalue weighted by molar-refractivity contribution is -0.133. The molecule has 2 aromatic rings. The smallest absolute Gasteiger partial charge is 0.253 e. The predicted molar refractivity (Wildman–Crippen MR) is 102 cm³/mol. The maximum Gasteiger partial charge on any atom is 0.253 e. The summed E-state index contributed by atoms with van der Waals surface area (Å²) in [6.07, 6.45) is 1.59. The van der Waals surface area contributed by atoms with Crippen LogP contribution in [0.1, 0.15) is 42.4 Å². The van der Waals surface area contributed by atoms with E-state index in [0.29, 0.717) is 12.5 Å². The predicted octanol–water partition coefficient (Wildman–Crippen LogP) is 2.79. The number of carbonyl (C=O) groups is 2. The standard InChI is InChI=1S/C21H23N3O2/c1-14(2)16-10-8-15(9-11-16)12-23-24-21(26)19-18(13-22-20(19)25)17-6-4-3-5-7-17/h3-12,14,18-19H,13H2,1-2H3,(H,22,25)(H,24,26)/b23-12+/t18-,19-/m0/s1. The SMILES string of the molecule is CC(C)c1ccc(/C=N/NC(=O)[C@@H]2C(=O)NC[C@H]2c2ccccc2)cc1. The van der Waals surface area contributed by atoms with Gasteiger partial charge in [0, 0.05) is 12.5 Å². The van der Waals surface area contributed by atoms with Gasteiger partial charge in [0.1, 0.15) is 5.92 Å². The number of hydrogen-bond donors (Lipinski definition) is 2. The molecular formula is C21H23N3O2. The molecule has 1 aliphatic rings. The molecule has 1 aliphatic heterocycles. The molecule has 2 amide bonds. The van der Waals surface area contributed by atoms with E-state index in [0.717, 1.165) is 11.1 Å². The Kier molecular flexibility index (Phi) is 5.46. The summed E-state index contributed by atoms with van der Waals surface area (Å²) >= 11 is 0. The lowest BCUT2D eigenvalue weighted by Crippen LogP contribution is -2.34. The highest BCUT2D eigenvalue weighted by Gasteiger charge is 2.40. The lowest BCUT2D eigenvalue weighted by atomic mass is 9.88. The fourth-order valence-corrected chi connectivity index (χ4v) is 3.14. The molecule has 0 saturated carbocycles. The summed E-state index contributed by atoms with van der Waals surface area (Å²) in [6.45, 7) is 4.74. The third-order valence-corrected chi connectivity index (χ3v) is 4.68. The van der Waals surface area contributed by atoms with Crippen molar-refractivity contribution in [3.63, 3.8) is 0 Å². The van der Waals surface area contributed by atoms with Crippen LogP contribution in [0.2, 0.25) is 0 Å². The molecule has 5 nitrogen and oxygen atoms in total. The van der Waals surface area contributed by atoms with Crippen molar-refractivity contribution in [1.29, 1.82) is 0 Å². The Hall–Kier alpha value is -2.95. The Balaban J connectivity index is 1.65. The number of hydrazone groups is 1. The Labute approximate surface area is 153 Å². The highest BCUT2D eigenvalue weighted by atomic mass is 16.2. The summed E-state index contributed by atoms with van der Waals surface area (Å²) in [5.41, 5.74) is 5.63. The molecule has 1 heterocycles. The van der Waals surface area contributed by atoms with Crippen LogP contribution in [0.15, 0.2) is 59.7 Å². The molecule has 3 rings (SSSR count). The van der Waals surface area contributed by atoms with E-state index in [1.807, 2.05) is 54.6 Å². The van der Waals surface area contributed by atoms with Crippen LogP contribution in [-0.4, -0.2) is 24.6 Å². The van der Waals surface area contributed by atoms with Crippen molar-refractivity contribution in [2.24, 2.45) is 11.0 Å². The van der Waals surface area contributed by atoms with Crippen molar-refractivity contribution in [3.05, 3.63) is 71.3 Å². The highest BCUT2D eigenvalue weighted by molar-refractivity contribution is 6.03. The Morgan fingerprint density at radius 2 is 1.85 bits per heavy atom. The van der Waals surface area contributed by atoms with Gasteiger partial charge < -0.3 is 5.32 Å². The highest BCUT2D eigenvalue weighted by Crippen LogP contribution is 2.28. The molecule has 1 fully saturated rings. The zero-order valence-electron chi connectivity index (χ0n) is 15.0. The molecule has 0 aliphatic carbocycles. The second kappa shape index (κ2) is 7.95. The van der Waals surface area contributed by atoms with Crippen molar-refractivity contribution >= 4 is 18.0 Å². The number of nitrogens with zero attached hydrogens (tertiary/aromatic N) is 1. The van der Waals surface area contributed by atoms with E-state index < -0.39 is 5.92 Å². The van der Waals surface area contributed by atoms with Crippen LogP contribution in [0, 0.1) is 5.92 Å². The summed E-state index contributed by atoms with van der Waals surface area (Å²) in [7, 11) is 0. The van der Waals surface area contributed by atoms with Crippen molar-refractivity contribution < 1.29 is 9.59 Å². The van der Waals surface area contributed by atoms with E-state index in [1.54, 1.807) is 6.21 Å². The van der Waals surface area contributed by atoms with E-state index in [4.69, 9.17) is 0 Å². The van der Waals surface area contributed by atoms with Crippen molar-refractivity contribution in [2.45, 2.75) is 25.7 Å². The first-order valence-electron chi connectivity index (χ1n) is 8.82. The number of benzene rings is 2. The van der Waals surface area contributed by atoms with Gasteiger partial charge in [0.15, 0.2) is 0 Å². The van der Waals surface area contributed by atoms with Gasteiger partial charge in [0.05, 0.1) is 6.21 Å². The summed E-state index contributed by atoms with van der Waals surface area (Å²) in [5, 5.41) is 6.79. The average molecular weight is 349 g/mol. The molecule has 134 valence electrons. The van der Waals surface area contributed by atoms with E-state index in [9.17, 15) is 9.59 Å². The minimum Gasteiger partial charge on any atom is -0.355 e. The first kappa shape index (κ1) is 17.9. The maximum absolute atomic E-state index is 12.5. The largest absolute Gasteiger partial charge is 0.355 e. The second-order valence-electron chi connectivity index (χ2n) is 6.80. The summed E-state index contributed by atoms with van der Waals surface area (Å²) < 4.78 is 0. The summed E-state index contributed by atoms with van der Waals surface area (Å²) in [5.74, 6) is -1.12. The van der Waals surface area contributed by atoms with Crippen LogP contribution >= 0.6 is 0 Å². The summed E-state index contributed by atoms with van der Waals surface area (Å²) in [6, 6.07) is 17.6. The molecule has 0 aromatic heterocycles. The van der Waals surface area contributed by atoms with Gasteiger partial charge >= 0.3 is 0 Å². The first-order chi connectivity index (χ1) is 12.6. The molecule has 2 aromatic carbocycles. The van der Waals surface area contributed by atoms with Gasteiger partial charge in [-0.15, -0.1) is 0 Å². The Morgan fingerprint density at radius 1 is 1.15 bits per heavy atom. The monoisotopic (exact) mass is 349 g/mol. The van der Waals surface area contributed by atoms with Crippen LogP contribution in [0.3, 0.4) is 0 Å². The van der Waals surface area contributed by atoms with Gasteiger partial charge in [0.2, 0.25) is 5.91 Å². The van der Waals surface area contributed by atoms with E-state index in [2.05, 4.69) is 29.7 Å². The number of amides is 2. The zero-order chi connectivity index (χ0) is 18.5. The van der Waals surface area contributed by atoms with Gasteiger partial charge in [-0.25, -0.2) is 5.43 Å². The molecule has 5 heteroatoms. The van der Waals surface area contributed by atoms with E-state index in [-0.39, 0.29) is 17.7 Å². The molecule has 2 atom stereocenters. The maximum atomic E-state index is 12.5. The van der Waals surface area contributed by atoms with Gasteiger partial charge in [-0.3, -0.25) is 9.59 Å². The van der Waals surface area contributed by atoms with E-state index in [1.165, 1.54) is 5.56 Å². The molecule has 0 bridgehead atoms. The van der Waals surface area contributed by atoms with Crippen molar-refractivity contribution in [1.82, 2.24) is 10.7 Å². The van der Waals surface area contributed by atoms with Crippen LogP contribution in [0.5, 0.6) is 0 Å². The molecule has 0 spiro atoms. The second-order valence-corrected chi connectivity index (χ2v) is 6.80. The summed E-state index contributed by atoms with van der Waals surface area (Å²) in [4.78, 5) is 24.6. The minimum atomic E-state index is -0.766. The third-order valence-electron chi connectivity index (χ3n) is 4.68. The number of carbonyl (C=O) groups excluding carboxylic acids is 2. The molecule has 0 unspecified atom stereocenters. The van der Waals surface area contributed by atoms with Crippen LogP contribution in [-0.2, 0) is 9.59 Å². The van der Waals surface area contributed by atoms with Crippen molar-refractivity contribution in [3.8, 4) is 0 Å². The Morgan fingerprint density at radius 3 is 2.50 bits per heavy atom. The number of nitrogens with one attached hydrogen (secondary N) is 2. The topological polar surface area (TPSA) is 70.6 Å². The van der Waals surface area contributed by atoms with Crippen LogP contribution < -0.4 is 10.7 Å². The molecule has 26 heavy (non-hydrogen) atoms. The van der Waals surface area contributed by atoms with Crippen LogP contribution in [0.25, 0.3) is 0 Å². The number of rotatable bonds is 5. The molecule has 2 N–H and O–H groups in total. The van der Waals surface area contributed by atoms with Crippen LogP contribution in [0.4, 0.5) is 0 Å². The van der Waals surface area contributed by atoms with Gasteiger partial charge in [-0.05, 0) is 22.6 Å². The first-order valence-corrected chi connectivity index (χ1v) is 8.82. The van der Waals surface area contributed by atoms with Crippen molar-refractivity contribution in [2.75, 3.05) is 6.54 Å². The number of hydrogen-bond acceptors (Lipinski definition) is 3. The van der Waals surface area contributed by atoms with Gasteiger partial charge in [0.25, 0.3) is 5.91 Å². The third kappa shape index (κ3) is 3.99. The Bertz CT molecular complexity index is 798. The molecule has 0 radical (unpaired) electrons.